The first-order chi connectivity index (χ1) is 7.89. The highest BCUT2D eigenvalue weighted by molar-refractivity contribution is 5.85. The molecule has 2 atom stereocenters. The summed E-state index contributed by atoms with van der Waals surface area (Å²) in [5.74, 6) is 0.658. The number of hydrogen-bond acceptors (Lipinski definition) is 3. The van der Waals surface area contributed by atoms with Crippen LogP contribution >= 0.6 is 12.4 Å². The van der Waals surface area contributed by atoms with E-state index in [9.17, 15) is 4.79 Å². The molecular weight excluding hydrogens is 250 g/mol. The second-order valence-electron chi connectivity index (χ2n) is 6.49. The van der Waals surface area contributed by atoms with Crippen LogP contribution in [0, 0.1) is 16.7 Å². The Morgan fingerprint density at radius 1 is 1.39 bits per heavy atom. The molecule has 0 radical (unpaired) electrons. The lowest BCUT2D eigenvalue weighted by atomic mass is 9.63. The molecular formula is C14H26ClNO2. The number of hydrogen-bond donors (Lipinski definition) is 0. The molecule has 0 aromatic rings. The molecule has 1 heterocycles. The van der Waals surface area contributed by atoms with Crippen molar-refractivity contribution < 1.29 is 9.53 Å². The monoisotopic (exact) mass is 275 g/mol. The van der Waals surface area contributed by atoms with Crippen LogP contribution in [-0.4, -0.2) is 37.1 Å². The van der Waals surface area contributed by atoms with Crippen molar-refractivity contribution >= 4 is 18.4 Å². The number of esters is 1. The van der Waals surface area contributed by atoms with E-state index in [0.717, 1.165) is 19.0 Å². The molecule has 1 saturated heterocycles. The number of fused-ring (bicyclic) bond motifs is 2. The average molecular weight is 276 g/mol. The van der Waals surface area contributed by atoms with Crippen LogP contribution in [0.2, 0.25) is 0 Å². The molecule has 2 unspecified atom stereocenters. The number of nitrogens with zero attached hydrogens (tertiary/aromatic N) is 1. The third kappa shape index (κ3) is 2.53. The van der Waals surface area contributed by atoms with Crippen LogP contribution in [-0.2, 0) is 9.53 Å². The van der Waals surface area contributed by atoms with Crippen LogP contribution in [0.15, 0.2) is 0 Å². The predicted molar refractivity (Wildman–Crippen MR) is 74.9 cm³/mol. The Morgan fingerprint density at radius 3 is 2.61 bits per heavy atom. The Morgan fingerprint density at radius 2 is 2.06 bits per heavy atom. The molecule has 106 valence electrons. The largest absolute Gasteiger partial charge is 0.465 e. The van der Waals surface area contributed by atoms with Gasteiger partial charge in [0.15, 0.2) is 0 Å². The minimum absolute atomic E-state index is 0. The van der Waals surface area contributed by atoms with Crippen molar-refractivity contribution in [1.82, 2.24) is 4.90 Å². The first-order valence-electron chi connectivity index (χ1n) is 6.77. The normalized spacial score (nSPS) is 33.9. The molecule has 18 heavy (non-hydrogen) atoms. The first-order valence-corrected chi connectivity index (χ1v) is 6.77. The van der Waals surface area contributed by atoms with Crippen LogP contribution in [0.5, 0.6) is 0 Å². The summed E-state index contributed by atoms with van der Waals surface area (Å²) in [7, 11) is 0. The van der Waals surface area contributed by atoms with E-state index in [1.54, 1.807) is 0 Å². The molecule has 2 aliphatic rings. The second-order valence-corrected chi connectivity index (χ2v) is 6.49. The Hall–Kier alpha value is -0.280. The number of carbonyl (C=O) groups is 1. The summed E-state index contributed by atoms with van der Waals surface area (Å²) < 4.78 is 5.04. The van der Waals surface area contributed by atoms with Crippen LogP contribution < -0.4 is 0 Å². The van der Waals surface area contributed by atoms with E-state index >= 15 is 0 Å². The van der Waals surface area contributed by atoms with E-state index in [1.165, 1.54) is 12.8 Å². The molecule has 1 aliphatic heterocycles. The van der Waals surface area contributed by atoms with Gasteiger partial charge in [0, 0.05) is 13.1 Å². The zero-order valence-electron chi connectivity index (χ0n) is 12.0. The molecule has 2 rings (SSSR count). The van der Waals surface area contributed by atoms with Gasteiger partial charge in [-0.3, -0.25) is 9.69 Å². The maximum Gasteiger partial charge on any atom is 0.320 e. The number of ether oxygens (including phenoxy) is 1. The van der Waals surface area contributed by atoms with E-state index in [1.807, 2.05) is 6.92 Å². The van der Waals surface area contributed by atoms with Crippen molar-refractivity contribution in [1.29, 1.82) is 0 Å². The molecule has 0 aromatic heterocycles. The van der Waals surface area contributed by atoms with Crippen molar-refractivity contribution in [2.24, 2.45) is 16.7 Å². The Balaban J connectivity index is 0.00000162. The first kappa shape index (κ1) is 15.8. The van der Waals surface area contributed by atoms with Gasteiger partial charge in [0.25, 0.3) is 0 Å². The van der Waals surface area contributed by atoms with E-state index in [0.29, 0.717) is 24.0 Å². The molecule has 1 saturated carbocycles. The average Bonchev–Trinajstić information content (AvgIpc) is 2.38. The minimum atomic E-state index is -0.0739. The molecule has 0 aromatic carbocycles. The molecule has 0 amide bonds. The van der Waals surface area contributed by atoms with Gasteiger partial charge in [0.05, 0.1) is 13.2 Å². The van der Waals surface area contributed by atoms with Crippen molar-refractivity contribution in [3.8, 4) is 0 Å². The summed E-state index contributed by atoms with van der Waals surface area (Å²) in [6.07, 6.45) is 2.60. The van der Waals surface area contributed by atoms with Gasteiger partial charge < -0.3 is 4.74 Å². The Kier molecular flexibility index (Phi) is 4.71. The number of carbonyl (C=O) groups excluding carboxylic acids is 1. The van der Waals surface area contributed by atoms with Crippen molar-refractivity contribution in [2.45, 2.75) is 40.5 Å². The zero-order valence-corrected chi connectivity index (χ0v) is 12.8. The lowest BCUT2D eigenvalue weighted by Gasteiger charge is -2.50. The van der Waals surface area contributed by atoms with Gasteiger partial charge in [-0.1, -0.05) is 20.8 Å². The van der Waals surface area contributed by atoms with Gasteiger partial charge in [-0.15, -0.1) is 12.4 Å². The maximum absolute atomic E-state index is 11.5. The number of piperidine rings is 1. The van der Waals surface area contributed by atoms with Crippen molar-refractivity contribution in [2.75, 3.05) is 26.2 Å². The highest BCUT2D eigenvalue weighted by Crippen LogP contribution is 2.58. The zero-order chi connectivity index (χ0) is 12.7. The Labute approximate surface area is 117 Å². The SMILES string of the molecule is CCOC(=O)CN1CC2CCC(C)(C1)C2(C)C.Cl. The summed E-state index contributed by atoms with van der Waals surface area (Å²) >= 11 is 0. The highest BCUT2D eigenvalue weighted by atomic mass is 35.5. The van der Waals surface area contributed by atoms with Crippen LogP contribution in [0.1, 0.15) is 40.5 Å². The molecule has 4 heteroatoms. The molecule has 0 N–H and O–H groups in total. The van der Waals surface area contributed by atoms with Crippen molar-refractivity contribution in [3.63, 3.8) is 0 Å². The fraction of sp³-hybridized carbons (Fsp3) is 0.929. The summed E-state index contributed by atoms with van der Waals surface area (Å²) in [4.78, 5) is 13.8. The minimum Gasteiger partial charge on any atom is -0.465 e. The van der Waals surface area contributed by atoms with Gasteiger partial charge in [-0.05, 0) is 36.5 Å². The molecule has 3 nitrogen and oxygen atoms in total. The summed E-state index contributed by atoms with van der Waals surface area (Å²) in [5, 5.41) is 0. The smallest absolute Gasteiger partial charge is 0.320 e. The summed E-state index contributed by atoms with van der Waals surface area (Å²) in [6.45, 7) is 12.1. The molecule has 1 aliphatic carbocycles. The van der Waals surface area contributed by atoms with E-state index < -0.39 is 0 Å². The van der Waals surface area contributed by atoms with Crippen LogP contribution in [0.3, 0.4) is 0 Å². The third-order valence-electron chi connectivity index (χ3n) is 5.33. The topological polar surface area (TPSA) is 29.5 Å². The summed E-state index contributed by atoms with van der Waals surface area (Å²) in [6, 6.07) is 0. The van der Waals surface area contributed by atoms with Gasteiger partial charge in [0.1, 0.15) is 0 Å². The number of likely N-dealkylation sites (tertiary alicyclic amines) is 1. The van der Waals surface area contributed by atoms with E-state index in [4.69, 9.17) is 4.74 Å². The van der Waals surface area contributed by atoms with E-state index in [2.05, 4.69) is 25.7 Å². The van der Waals surface area contributed by atoms with E-state index in [-0.39, 0.29) is 18.4 Å². The van der Waals surface area contributed by atoms with Crippen molar-refractivity contribution in [3.05, 3.63) is 0 Å². The third-order valence-corrected chi connectivity index (χ3v) is 5.33. The number of rotatable bonds is 3. The molecule has 2 fully saturated rings. The Bertz CT molecular complexity index is 319. The lowest BCUT2D eigenvalue weighted by molar-refractivity contribution is -0.146. The fourth-order valence-corrected chi connectivity index (χ4v) is 3.65. The standard InChI is InChI=1S/C14H25NO2.ClH/c1-5-17-12(16)9-15-8-11-6-7-14(4,10-15)13(11,2)3;/h11H,5-10H2,1-4H3;1H. The fourth-order valence-electron chi connectivity index (χ4n) is 3.65. The van der Waals surface area contributed by atoms with Gasteiger partial charge in [-0.2, -0.15) is 0 Å². The number of halogens is 1. The highest BCUT2D eigenvalue weighted by Gasteiger charge is 2.55. The van der Waals surface area contributed by atoms with Gasteiger partial charge in [0.2, 0.25) is 0 Å². The summed E-state index contributed by atoms with van der Waals surface area (Å²) in [5.41, 5.74) is 0.778. The second kappa shape index (κ2) is 5.38. The van der Waals surface area contributed by atoms with Crippen LogP contribution in [0.4, 0.5) is 0 Å². The quantitative estimate of drug-likeness (QED) is 0.742. The lowest BCUT2D eigenvalue weighted by Crippen LogP contribution is -2.53. The van der Waals surface area contributed by atoms with Gasteiger partial charge in [-0.25, -0.2) is 0 Å². The molecule has 0 spiro atoms. The maximum atomic E-state index is 11.5. The van der Waals surface area contributed by atoms with Gasteiger partial charge >= 0.3 is 5.97 Å². The van der Waals surface area contributed by atoms with Crippen LogP contribution in [0.25, 0.3) is 0 Å². The predicted octanol–water partition coefficient (Wildman–Crippen LogP) is 2.73. The molecule has 2 bridgehead atoms.